The smallest absolute Gasteiger partial charge is 0.259 e. The van der Waals surface area contributed by atoms with Crippen molar-refractivity contribution >= 4 is 5.91 Å². The molecule has 0 radical (unpaired) electrons. The molecule has 5 heteroatoms. The number of pyridine rings is 1. The van der Waals surface area contributed by atoms with Gasteiger partial charge < -0.3 is 10.1 Å². The zero-order valence-corrected chi connectivity index (χ0v) is 7.30. The summed E-state index contributed by atoms with van der Waals surface area (Å²) in [6.45, 7) is 0. The maximum atomic E-state index is 13.1. The number of nitrogens with zero attached hydrogens (tertiary/aromatic N) is 1. The Morgan fingerprint density at radius 1 is 1.69 bits per heavy atom. The first-order valence-corrected chi connectivity index (χ1v) is 3.61. The van der Waals surface area contributed by atoms with Crippen LogP contribution in [0.4, 0.5) is 4.39 Å². The zero-order valence-electron chi connectivity index (χ0n) is 7.30. The van der Waals surface area contributed by atoms with Gasteiger partial charge in [-0.1, -0.05) is 0 Å². The summed E-state index contributed by atoms with van der Waals surface area (Å²) in [7, 11) is 2.74. The summed E-state index contributed by atoms with van der Waals surface area (Å²) in [5.41, 5.74) is -0.174. The molecule has 0 saturated heterocycles. The fourth-order valence-electron chi connectivity index (χ4n) is 0.906. The first-order valence-electron chi connectivity index (χ1n) is 3.61. The maximum absolute atomic E-state index is 13.1. The Kier molecular flexibility index (Phi) is 2.79. The van der Waals surface area contributed by atoms with Gasteiger partial charge in [0.2, 0.25) is 5.88 Å². The molecule has 1 aromatic rings. The molecule has 0 aliphatic carbocycles. The second kappa shape index (κ2) is 3.84. The first kappa shape index (κ1) is 9.44. The van der Waals surface area contributed by atoms with E-state index in [1.165, 1.54) is 20.4 Å². The van der Waals surface area contributed by atoms with Crippen LogP contribution in [0.15, 0.2) is 12.3 Å². The number of aromatic nitrogens is 1. The van der Waals surface area contributed by atoms with Gasteiger partial charge in [0, 0.05) is 13.2 Å². The lowest BCUT2D eigenvalue weighted by Gasteiger charge is -2.05. The molecule has 13 heavy (non-hydrogen) atoms. The highest BCUT2D eigenvalue weighted by Gasteiger charge is 2.16. The van der Waals surface area contributed by atoms with Gasteiger partial charge in [0.15, 0.2) is 0 Å². The molecular formula is C8H9FN2O2. The predicted octanol–water partition coefficient (Wildman–Crippen LogP) is 0.589. The minimum atomic E-state index is -0.647. The molecule has 4 nitrogen and oxygen atoms in total. The fourth-order valence-corrected chi connectivity index (χ4v) is 0.906. The van der Waals surface area contributed by atoms with Gasteiger partial charge in [0.05, 0.1) is 7.11 Å². The third kappa shape index (κ3) is 1.74. The lowest BCUT2D eigenvalue weighted by atomic mass is 10.2. The number of amides is 1. The van der Waals surface area contributed by atoms with Crippen LogP contribution < -0.4 is 10.1 Å². The van der Waals surface area contributed by atoms with Crippen LogP contribution in [0.5, 0.6) is 5.88 Å². The SMILES string of the molecule is CNC(=O)c1c(F)ccnc1OC. The predicted molar refractivity (Wildman–Crippen MR) is 44.1 cm³/mol. The summed E-state index contributed by atoms with van der Waals surface area (Å²) in [5.74, 6) is -1.21. The average Bonchev–Trinajstić information content (AvgIpc) is 2.16. The van der Waals surface area contributed by atoms with Crippen LogP contribution in [0.25, 0.3) is 0 Å². The summed E-state index contributed by atoms with van der Waals surface area (Å²) >= 11 is 0. The van der Waals surface area contributed by atoms with Crippen LogP contribution in [0.2, 0.25) is 0 Å². The minimum absolute atomic E-state index is 0.0145. The van der Waals surface area contributed by atoms with Gasteiger partial charge in [-0.3, -0.25) is 4.79 Å². The van der Waals surface area contributed by atoms with E-state index in [9.17, 15) is 9.18 Å². The van der Waals surface area contributed by atoms with Crippen LogP contribution in [0.1, 0.15) is 10.4 Å². The van der Waals surface area contributed by atoms with Crippen molar-refractivity contribution in [2.24, 2.45) is 0 Å². The summed E-state index contributed by atoms with van der Waals surface area (Å²) < 4.78 is 17.8. The Balaban J connectivity index is 3.22. The molecule has 0 aliphatic heterocycles. The molecule has 1 aromatic heterocycles. The van der Waals surface area contributed by atoms with Gasteiger partial charge in [0.1, 0.15) is 11.4 Å². The number of hydrogen-bond acceptors (Lipinski definition) is 3. The molecule has 0 spiro atoms. The monoisotopic (exact) mass is 184 g/mol. The zero-order chi connectivity index (χ0) is 9.84. The molecule has 1 amide bonds. The Morgan fingerprint density at radius 3 is 2.92 bits per heavy atom. The van der Waals surface area contributed by atoms with Crippen molar-refractivity contribution in [1.29, 1.82) is 0 Å². The summed E-state index contributed by atoms with van der Waals surface area (Å²) in [4.78, 5) is 14.8. The van der Waals surface area contributed by atoms with Crippen molar-refractivity contribution < 1.29 is 13.9 Å². The topological polar surface area (TPSA) is 51.2 Å². The summed E-state index contributed by atoms with van der Waals surface area (Å²) in [5, 5.41) is 2.30. The van der Waals surface area contributed by atoms with Crippen molar-refractivity contribution in [3.63, 3.8) is 0 Å². The molecule has 0 aliphatic rings. The fraction of sp³-hybridized carbons (Fsp3) is 0.250. The lowest BCUT2D eigenvalue weighted by molar-refractivity contribution is 0.0955. The third-order valence-corrected chi connectivity index (χ3v) is 1.51. The van der Waals surface area contributed by atoms with E-state index >= 15 is 0 Å². The minimum Gasteiger partial charge on any atom is -0.480 e. The maximum Gasteiger partial charge on any atom is 0.259 e. The molecule has 1 heterocycles. The second-order valence-electron chi connectivity index (χ2n) is 2.26. The van der Waals surface area contributed by atoms with Crippen molar-refractivity contribution in [1.82, 2.24) is 10.3 Å². The molecule has 0 aromatic carbocycles. The highest BCUT2D eigenvalue weighted by atomic mass is 19.1. The van der Waals surface area contributed by atoms with E-state index in [1.807, 2.05) is 0 Å². The van der Waals surface area contributed by atoms with E-state index in [4.69, 9.17) is 4.74 Å². The third-order valence-electron chi connectivity index (χ3n) is 1.51. The number of hydrogen-bond donors (Lipinski definition) is 1. The standard InChI is InChI=1S/C8H9FN2O2/c1-10-7(12)6-5(9)3-4-11-8(6)13-2/h3-4H,1-2H3,(H,10,12). The van der Waals surface area contributed by atoms with Crippen molar-refractivity contribution in [2.75, 3.05) is 14.2 Å². The number of carbonyl (C=O) groups is 1. The highest BCUT2D eigenvalue weighted by molar-refractivity contribution is 5.96. The quantitative estimate of drug-likeness (QED) is 0.731. The number of halogens is 1. The Morgan fingerprint density at radius 2 is 2.38 bits per heavy atom. The van der Waals surface area contributed by atoms with Gasteiger partial charge in [-0.2, -0.15) is 0 Å². The molecule has 70 valence electrons. The molecule has 1 rings (SSSR count). The second-order valence-corrected chi connectivity index (χ2v) is 2.26. The number of rotatable bonds is 2. The average molecular weight is 184 g/mol. The molecule has 0 unspecified atom stereocenters. The van der Waals surface area contributed by atoms with Gasteiger partial charge in [-0.15, -0.1) is 0 Å². The molecule has 0 fully saturated rings. The lowest BCUT2D eigenvalue weighted by Crippen LogP contribution is -2.20. The normalized spacial score (nSPS) is 9.46. The van der Waals surface area contributed by atoms with Crippen molar-refractivity contribution in [3.8, 4) is 5.88 Å². The molecule has 0 atom stereocenters. The molecule has 0 saturated carbocycles. The number of nitrogens with one attached hydrogen (secondary N) is 1. The van der Waals surface area contributed by atoms with E-state index in [1.54, 1.807) is 0 Å². The summed E-state index contributed by atoms with van der Waals surface area (Å²) in [6, 6.07) is 1.10. The van der Waals surface area contributed by atoms with Crippen LogP contribution in [0.3, 0.4) is 0 Å². The van der Waals surface area contributed by atoms with E-state index in [0.29, 0.717) is 0 Å². The van der Waals surface area contributed by atoms with Crippen LogP contribution >= 0.6 is 0 Å². The first-order chi connectivity index (χ1) is 6.20. The van der Waals surface area contributed by atoms with Crippen LogP contribution in [0, 0.1) is 5.82 Å². The number of methoxy groups -OCH3 is 1. The van der Waals surface area contributed by atoms with E-state index in [-0.39, 0.29) is 11.4 Å². The largest absolute Gasteiger partial charge is 0.480 e. The number of carbonyl (C=O) groups excluding carboxylic acids is 1. The Bertz CT molecular complexity index is 328. The van der Waals surface area contributed by atoms with Gasteiger partial charge >= 0.3 is 0 Å². The summed E-state index contributed by atoms with van der Waals surface area (Å²) in [6.07, 6.45) is 1.24. The van der Waals surface area contributed by atoms with E-state index in [2.05, 4.69) is 10.3 Å². The van der Waals surface area contributed by atoms with Gasteiger partial charge in [-0.25, -0.2) is 9.37 Å². The molecule has 1 N–H and O–H groups in total. The molecular weight excluding hydrogens is 175 g/mol. The van der Waals surface area contributed by atoms with Crippen LogP contribution in [-0.2, 0) is 0 Å². The Hall–Kier alpha value is -1.65. The van der Waals surface area contributed by atoms with E-state index < -0.39 is 11.7 Å². The van der Waals surface area contributed by atoms with Crippen molar-refractivity contribution in [2.45, 2.75) is 0 Å². The van der Waals surface area contributed by atoms with Gasteiger partial charge in [-0.05, 0) is 6.07 Å². The van der Waals surface area contributed by atoms with Crippen molar-refractivity contribution in [3.05, 3.63) is 23.6 Å². The highest BCUT2D eigenvalue weighted by Crippen LogP contribution is 2.17. The Labute approximate surface area is 74.7 Å². The number of ether oxygens (including phenoxy) is 1. The van der Waals surface area contributed by atoms with Gasteiger partial charge in [0.25, 0.3) is 5.91 Å². The van der Waals surface area contributed by atoms with E-state index in [0.717, 1.165) is 6.07 Å². The molecule has 0 bridgehead atoms. The van der Waals surface area contributed by atoms with Crippen LogP contribution in [-0.4, -0.2) is 25.0 Å².